The molecule has 116 valence electrons. The molecule has 0 unspecified atom stereocenters. The van der Waals surface area contributed by atoms with Crippen LogP contribution in [0, 0.1) is 5.82 Å². The van der Waals surface area contributed by atoms with Gasteiger partial charge >= 0.3 is 0 Å². The second-order valence-corrected chi connectivity index (χ2v) is 5.36. The number of benzene rings is 2. The highest BCUT2D eigenvalue weighted by molar-refractivity contribution is 5.94. The molecule has 0 radical (unpaired) electrons. The van der Waals surface area contributed by atoms with Gasteiger partial charge in [0.1, 0.15) is 5.82 Å². The summed E-state index contributed by atoms with van der Waals surface area (Å²) in [4.78, 5) is 16.1. The third-order valence-corrected chi connectivity index (χ3v) is 3.60. The highest BCUT2D eigenvalue weighted by Crippen LogP contribution is 2.16. The Labute approximate surface area is 131 Å². The maximum Gasteiger partial charge on any atom is 0.257 e. The van der Waals surface area contributed by atoms with E-state index in [1.165, 1.54) is 12.1 Å². The number of hydrogen-bond acceptors (Lipinski definition) is 2. The molecule has 0 heterocycles. The van der Waals surface area contributed by atoms with Gasteiger partial charge in [0.15, 0.2) is 0 Å². The van der Waals surface area contributed by atoms with Gasteiger partial charge in [-0.25, -0.2) is 4.39 Å². The Morgan fingerprint density at radius 2 is 1.68 bits per heavy atom. The first-order chi connectivity index (χ1) is 10.5. The molecule has 0 atom stereocenters. The summed E-state index contributed by atoms with van der Waals surface area (Å²) in [5.41, 5.74) is 2.25. The molecule has 0 aliphatic carbocycles. The van der Waals surface area contributed by atoms with E-state index in [1.807, 2.05) is 50.2 Å². The van der Waals surface area contributed by atoms with Crippen molar-refractivity contribution >= 4 is 11.6 Å². The van der Waals surface area contributed by atoms with Gasteiger partial charge in [-0.1, -0.05) is 24.3 Å². The van der Waals surface area contributed by atoms with E-state index < -0.39 is 5.82 Å². The van der Waals surface area contributed by atoms with E-state index in [4.69, 9.17) is 0 Å². The van der Waals surface area contributed by atoms with E-state index in [2.05, 4.69) is 0 Å². The van der Waals surface area contributed by atoms with E-state index in [-0.39, 0.29) is 11.5 Å². The van der Waals surface area contributed by atoms with Crippen molar-refractivity contribution in [3.05, 3.63) is 65.5 Å². The Morgan fingerprint density at radius 1 is 1.05 bits per heavy atom. The molecule has 4 heteroatoms. The Balaban J connectivity index is 2.15. The number of anilines is 1. The predicted molar refractivity (Wildman–Crippen MR) is 87.6 cm³/mol. The summed E-state index contributed by atoms with van der Waals surface area (Å²) in [5, 5.41) is 0. The molecule has 0 spiro atoms. The summed E-state index contributed by atoms with van der Waals surface area (Å²) in [6.07, 6.45) is 0. The third kappa shape index (κ3) is 3.64. The van der Waals surface area contributed by atoms with Crippen LogP contribution in [0.5, 0.6) is 0 Å². The topological polar surface area (TPSA) is 23.6 Å². The van der Waals surface area contributed by atoms with Crippen LogP contribution in [0.2, 0.25) is 0 Å². The van der Waals surface area contributed by atoms with Gasteiger partial charge in [0, 0.05) is 32.9 Å². The fourth-order valence-electron chi connectivity index (χ4n) is 2.25. The molecule has 0 N–H and O–H groups in total. The lowest BCUT2D eigenvalue weighted by atomic mass is 10.1. The van der Waals surface area contributed by atoms with Crippen LogP contribution in [-0.4, -0.2) is 31.4 Å². The molecule has 3 nitrogen and oxygen atoms in total. The van der Waals surface area contributed by atoms with E-state index in [0.717, 1.165) is 11.3 Å². The molecule has 2 aromatic rings. The fraction of sp³-hybridized carbons (Fsp3) is 0.278. The summed E-state index contributed by atoms with van der Waals surface area (Å²) >= 11 is 0. The second kappa shape index (κ2) is 7.07. The number of carbonyl (C=O) groups is 1. The van der Waals surface area contributed by atoms with Crippen molar-refractivity contribution < 1.29 is 9.18 Å². The van der Waals surface area contributed by atoms with Crippen LogP contribution in [0.3, 0.4) is 0 Å². The molecule has 0 bridgehead atoms. The van der Waals surface area contributed by atoms with Gasteiger partial charge in [-0.15, -0.1) is 0 Å². The van der Waals surface area contributed by atoms with Crippen LogP contribution < -0.4 is 4.90 Å². The van der Waals surface area contributed by atoms with Gasteiger partial charge in [0.05, 0.1) is 5.56 Å². The standard InChI is InChI=1S/C18H21FN2O/c1-4-21(18(22)16-7-5-6-8-17(16)19)13-14-9-11-15(12-10-14)20(2)3/h5-12H,4,13H2,1-3H3. The normalized spacial score (nSPS) is 10.4. The maximum absolute atomic E-state index is 13.8. The Kier molecular flexibility index (Phi) is 5.15. The zero-order valence-corrected chi connectivity index (χ0v) is 13.2. The fourth-order valence-corrected chi connectivity index (χ4v) is 2.25. The largest absolute Gasteiger partial charge is 0.378 e. The first kappa shape index (κ1) is 16.0. The minimum absolute atomic E-state index is 0.120. The van der Waals surface area contributed by atoms with Crippen LogP contribution in [0.15, 0.2) is 48.5 Å². The Morgan fingerprint density at radius 3 is 2.23 bits per heavy atom. The van der Waals surface area contributed by atoms with Crippen molar-refractivity contribution in [2.45, 2.75) is 13.5 Å². The average Bonchev–Trinajstić information content (AvgIpc) is 2.53. The van der Waals surface area contributed by atoms with Crippen LogP contribution in [-0.2, 0) is 6.54 Å². The molecular weight excluding hydrogens is 279 g/mol. The van der Waals surface area contributed by atoms with Gasteiger partial charge in [-0.3, -0.25) is 4.79 Å². The van der Waals surface area contributed by atoms with E-state index in [0.29, 0.717) is 13.1 Å². The molecule has 0 aliphatic heterocycles. The highest BCUT2D eigenvalue weighted by Gasteiger charge is 2.17. The minimum atomic E-state index is -0.478. The first-order valence-corrected chi connectivity index (χ1v) is 7.33. The van der Waals surface area contributed by atoms with Crippen molar-refractivity contribution in [2.75, 3.05) is 25.5 Å². The maximum atomic E-state index is 13.8. The number of rotatable bonds is 5. The van der Waals surface area contributed by atoms with Crippen molar-refractivity contribution in [3.8, 4) is 0 Å². The smallest absolute Gasteiger partial charge is 0.257 e. The molecule has 0 saturated carbocycles. The first-order valence-electron chi connectivity index (χ1n) is 7.33. The van der Waals surface area contributed by atoms with Crippen LogP contribution in [0.1, 0.15) is 22.8 Å². The van der Waals surface area contributed by atoms with Gasteiger partial charge in [0.25, 0.3) is 5.91 Å². The number of nitrogens with zero attached hydrogens (tertiary/aromatic N) is 2. The zero-order chi connectivity index (χ0) is 16.1. The van der Waals surface area contributed by atoms with Gasteiger partial charge in [0.2, 0.25) is 0 Å². The summed E-state index contributed by atoms with van der Waals surface area (Å²) < 4.78 is 13.8. The lowest BCUT2D eigenvalue weighted by Crippen LogP contribution is -2.31. The SMILES string of the molecule is CCN(Cc1ccc(N(C)C)cc1)C(=O)c1ccccc1F. The van der Waals surface area contributed by atoms with Gasteiger partial charge in [-0.05, 0) is 36.8 Å². The zero-order valence-electron chi connectivity index (χ0n) is 13.2. The van der Waals surface area contributed by atoms with Crippen LogP contribution in [0.4, 0.5) is 10.1 Å². The van der Waals surface area contributed by atoms with Crippen LogP contribution in [0.25, 0.3) is 0 Å². The van der Waals surface area contributed by atoms with Crippen molar-refractivity contribution in [1.29, 1.82) is 0 Å². The molecule has 0 aliphatic rings. The van der Waals surface area contributed by atoms with E-state index in [1.54, 1.807) is 17.0 Å². The Hall–Kier alpha value is -2.36. The summed E-state index contributed by atoms with van der Waals surface area (Å²) in [6.45, 7) is 2.90. The third-order valence-electron chi connectivity index (χ3n) is 3.60. The van der Waals surface area contributed by atoms with E-state index >= 15 is 0 Å². The molecule has 1 amide bonds. The summed E-state index contributed by atoms with van der Waals surface area (Å²) in [6, 6.07) is 14.1. The summed E-state index contributed by atoms with van der Waals surface area (Å²) in [7, 11) is 3.96. The molecule has 2 aromatic carbocycles. The molecule has 0 aromatic heterocycles. The lowest BCUT2D eigenvalue weighted by Gasteiger charge is -2.22. The highest BCUT2D eigenvalue weighted by atomic mass is 19.1. The summed E-state index contributed by atoms with van der Waals surface area (Å²) in [5.74, 6) is -0.758. The van der Waals surface area contributed by atoms with Crippen molar-refractivity contribution in [3.63, 3.8) is 0 Å². The van der Waals surface area contributed by atoms with Crippen molar-refractivity contribution in [1.82, 2.24) is 4.90 Å². The Bertz CT molecular complexity index is 638. The predicted octanol–water partition coefficient (Wildman–Crippen LogP) is 3.55. The molecule has 22 heavy (non-hydrogen) atoms. The number of hydrogen-bond donors (Lipinski definition) is 0. The molecule has 2 rings (SSSR count). The van der Waals surface area contributed by atoms with E-state index in [9.17, 15) is 9.18 Å². The van der Waals surface area contributed by atoms with Gasteiger partial charge in [-0.2, -0.15) is 0 Å². The average molecular weight is 300 g/mol. The number of carbonyl (C=O) groups excluding carboxylic acids is 1. The number of halogens is 1. The molecular formula is C18H21FN2O. The second-order valence-electron chi connectivity index (χ2n) is 5.36. The lowest BCUT2D eigenvalue weighted by molar-refractivity contribution is 0.0748. The van der Waals surface area contributed by atoms with Crippen LogP contribution >= 0.6 is 0 Å². The van der Waals surface area contributed by atoms with Gasteiger partial charge < -0.3 is 9.80 Å². The molecule has 0 saturated heterocycles. The molecule has 0 fully saturated rings. The minimum Gasteiger partial charge on any atom is -0.378 e. The number of amides is 1. The monoisotopic (exact) mass is 300 g/mol. The quantitative estimate of drug-likeness (QED) is 0.843. The van der Waals surface area contributed by atoms with Crippen molar-refractivity contribution in [2.24, 2.45) is 0 Å².